The SMILES string of the molecule is CCOC(=O)N1CC2(CC[C@@H](N3CCN(c4ncc(F)cc4-c4cnc(C(F)(F)F)cn4)CC3)C2)C1. The van der Waals surface area contributed by atoms with Crippen LogP contribution < -0.4 is 4.90 Å². The minimum atomic E-state index is -4.60. The van der Waals surface area contributed by atoms with Crippen molar-refractivity contribution in [2.75, 3.05) is 50.8 Å². The molecule has 3 fully saturated rings. The molecule has 0 aromatic carbocycles. The molecule has 2 saturated heterocycles. The molecule has 0 bridgehead atoms. The summed E-state index contributed by atoms with van der Waals surface area (Å²) in [4.78, 5) is 29.8. The van der Waals surface area contributed by atoms with Crippen molar-refractivity contribution in [1.82, 2.24) is 24.8 Å². The molecule has 8 nitrogen and oxygen atoms in total. The van der Waals surface area contributed by atoms with E-state index >= 15 is 0 Å². The van der Waals surface area contributed by atoms with Gasteiger partial charge in [0.2, 0.25) is 0 Å². The topological polar surface area (TPSA) is 74.7 Å². The fourth-order valence-corrected chi connectivity index (χ4v) is 5.67. The zero-order chi connectivity index (χ0) is 25.5. The van der Waals surface area contributed by atoms with E-state index in [0.29, 0.717) is 43.3 Å². The summed E-state index contributed by atoms with van der Waals surface area (Å²) in [6, 6.07) is 1.68. The Morgan fingerprint density at radius 1 is 1.11 bits per heavy atom. The molecule has 1 amide bonds. The van der Waals surface area contributed by atoms with Crippen molar-refractivity contribution in [1.29, 1.82) is 0 Å². The molecule has 1 aliphatic carbocycles. The third-order valence-corrected chi connectivity index (χ3v) is 7.44. The smallest absolute Gasteiger partial charge is 0.434 e. The first-order valence-electron chi connectivity index (χ1n) is 12.1. The lowest BCUT2D eigenvalue weighted by atomic mass is 9.78. The Morgan fingerprint density at radius 2 is 1.86 bits per heavy atom. The summed E-state index contributed by atoms with van der Waals surface area (Å²) in [6.45, 7) is 6.57. The van der Waals surface area contributed by atoms with E-state index in [1.54, 1.807) is 11.8 Å². The van der Waals surface area contributed by atoms with Gasteiger partial charge >= 0.3 is 12.3 Å². The number of nitrogens with zero attached hydrogens (tertiary/aromatic N) is 6. The molecular formula is C24H28F4N6O2. The van der Waals surface area contributed by atoms with Crippen molar-refractivity contribution >= 4 is 11.9 Å². The molecule has 1 saturated carbocycles. The van der Waals surface area contributed by atoms with Gasteiger partial charge < -0.3 is 14.5 Å². The summed E-state index contributed by atoms with van der Waals surface area (Å²) >= 11 is 0. The lowest BCUT2D eigenvalue weighted by Crippen LogP contribution is -2.58. The minimum Gasteiger partial charge on any atom is -0.450 e. The number of pyridine rings is 1. The van der Waals surface area contributed by atoms with Crippen LogP contribution >= 0.6 is 0 Å². The predicted molar refractivity (Wildman–Crippen MR) is 123 cm³/mol. The number of hydrogen-bond acceptors (Lipinski definition) is 7. The van der Waals surface area contributed by atoms with E-state index in [-0.39, 0.29) is 17.2 Å². The maximum atomic E-state index is 14.0. The molecule has 4 heterocycles. The van der Waals surface area contributed by atoms with Crippen LogP contribution in [0.3, 0.4) is 0 Å². The highest BCUT2D eigenvalue weighted by molar-refractivity contribution is 5.73. The Balaban J connectivity index is 1.22. The monoisotopic (exact) mass is 508 g/mol. The second-order valence-corrected chi connectivity index (χ2v) is 9.78. The zero-order valence-corrected chi connectivity index (χ0v) is 20.0. The molecule has 12 heteroatoms. The van der Waals surface area contributed by atoms with Gasteiger partial charge in [-0.25, -0.2) is 19.2 Å². The number of aromatic nitrogens is 3. The van der Waals surface area contributed by atoms with E-state index in [4.69, 9.17) is 4.74 Å². The van der Waals surface area contributed by atoms with Crippen LogP contribution in [0, 0.1) is 11.2 Å². The number of likely N-dealkylation sites (tertiary alicyclic amines) is 1. The van der Waals surface area contributed by atoms with Crippen LogP contribution in [0.5, 0.6) is 0 Å². The highest BCUT2D eigenvalue weighted by atomic mass is 19.4. The average molecular weight is 509 g/mol. The molecule has 194 valence electrons. The summed E-state index contributed by atoms with van der Waals surface area (Å²) in [5.74, 6) is -0.111. The highest BCUT2D eigenvalue weighted by Crippen LogP contribution is 2.47. The average Bonchev–Trinajstić information content (AvgIpc) is 3.29. The van der Waals surface area contributed by atoms with Crippen LogP contribution in [0.2, 0.25) is 0 Å². The summed E-state index contributed by atoms with van der Waals surface area (Å²) in [7, 11) is 0. The van der Waals surface area contributed by atoms with Gasteiger partial charge in [0, 0.05) is 56.3 Å². The number of hydrogen-bond donors (Lipinski definition) is 0. The maximum absolute atomic E-state index is 14.0. The normalized spacial score (nSPS) is 22.1. The van der Waals surface area contributed by atoms with Crippen LogP contribution in [0.25, 0.3) is 11.3 Å². The third kappa shape index (κ3) is 4.82. The molecule has 2 aromatic heterocycles. The first-order chi connectivity index (χ1) is 17.2. The Kier molecular flexibility index (Phi) is 6.48. The lowest BCUT2D eigenvalue weighted by Gasteiger charge is -2.48. The Bertz CT molecular complexity index is 1100. The first-order valence-corrected chi connectivity index (χ1v) is 12.1. The van der Waals surface area contributed by atoms with Crippen LogP contribution in [-0.4, -0.2) is 82.8 Å². The molecular weight excluding hydrogens is 480 g/mol. The summed E-state index contributed by atoms with van der Waals surface area (Å²) < 4.78 is 57.7. The summed E-state index contributed by atoms with van der Waals surface area (Å²) in [5.41, 5.74) is -0.460. The second kappa shape index (κ2) is 9.45. The van der Waals surface area contributed by atoms with E-state index in [0.717, 1.165) is 57.8 Å². The van der Waals surface area contributed by atoms with Gasteiger partial charge in [0.05, 0.1) is 30.9 Å². The summed E-state index contributed by atoms with van der Waals surface area (Å²) in [6.07, 6.45) is 1.15. The fraction of sp³-hybridized carbons (Fsp3) is 0.583. The lowest BCUT2D eigenvalue weighted by molar-refractivity contribution is -0.141. The molecule has 2 aliphatic heterocycles. The van der Waals surface area contributed by atoms with E-state index < -0.39 is 17.7 Å². The van der Waals surface area contributed by atoms with Crippen molar-refractivity contribution in [2.45, 2.75) is 38.4 Å². The van der Waals surface area contributed by atoms with Crippen LogP contribution in [0.4, 0.5) is 28.2 Å². The molecule has 0 radical (unpaired) electrons. The summed E-state index contributed by atoms with van der Waals surface area (Å²) in [5, 5.41) is 0. The molecule has 1 atom stereocenters. The molecule has 2 aromatic rings. The first kappa shape index (κ1) is 24.7. The maximum Gasteiger partial charge on any atom is 0.434 e. The Morgan fingerprint density at radius 3 is 2.50 bits per heavy atom. The second-order valence-electron chi connectivity index (χ2n) is 9.78. The molecule has 36 heavy (non-hydrogen) atoms. The van der Waals surface area contributed by atoms with E-state index in [2.05, 4.69) is 19.9 Å². The van der Waals surface area contributed by atoms with E-state index in [1.807, 2.05) is 4.90 Å². The number of carbonyl (C=O) groups excluding carboxylic acids is 1. The Hall–Kier alpha value is -3.02. The third-order valence-electron chi connectivity index (χ3n) is 7.44. The molecule has 3 aliphatic rings. The fourth-order valence-electron chi connectivity index (χ4n) is 5.67. The number of halogens is 4. The van der Waals surface area contributed by atoms with Gasteiger partial charge in [-0.15, -0.1) is 0 Å². The van der Waals surface area contributed by atoms with Gasteiger partial charge in [-0.1, -0.05) is 0 Å². The number of piperazine rings is 1. The molecule has 1 spiro atoms. The van der Waals surface area contributed by atoms with Gasteiger partial charge in [-0.05, 0) is 32.3 Å². The van der Waals surface area contributed by atoms with Crippen molar-refractivity contribution in [3.05, 3.63) is 36.2 Å². The molecule has 5 rings (SSSR count). The minimum absolute atomic E-state index is 0.140. The van der Waals surface area contributed by atoms with Gasteiger partial charge in [-0.3, -0.25) is 9.88 Å². The predicted octanol–water partition coefficient (Wildman–Crippen LogP) is 3.83. The van der Waals surface area contributed by atoms with Crippen LogP contribution in [0.1, 0.15) is 31.9 Å². The number of alkyl halides is 3. The standard InChI is InChI=1S/C24H28F4N6O2/c1-2-36-22(35)34-14-23(15-34)4-3-17(10-23)32-5-7-33(8-6-32)21-18(9-16(25)11-31-21)19-12-30-20(13-29-19)24(26,27)28/h9,11-13,17H,2-8,10,14-15H2,1H3/t17-/m1/s1. The number of carbonyl (C=O) groups is 1. The molecule has 0 unspecified atom stereocenters. The van der Waals surface area contributed by atoms with Gasteiger partial charge in [0.25, 0.3) is 0 Å². The van der Waals surface area contributed by atoms with Crippen LogP contribution in [0.15, 0.2) is 24.7 Å². The zero-order valence-electron chi connectivity index (χ0n) is 20.0. The van der Waals surface area contributed by atoms with Crippen LogP contribution in [-0.2, 0) is 10.9 Å². The van der Waals surface area contributed by atoms with Crippen molar-refractivity contribution in [3.8, 4) is 11.3 Å². The largest absolute Gasteiger partial charge is 0.450 e. The highest BCUT2D eigenvalue weighted by Gasteiger charge is 2.51. The van der Waals surface area contributed by atoms with Gasteiger partial charge in [0.15, 0.2) is 5.69 Å². The van der Waals surface area contributed by atoms with E-state index in [1.165, 1.54) is 6.07 Å². The molecule has 0 N–H and O–H groups in total. The number of ether oxygens (including phenoxy) is 1. The van der Waals surface area contributed by atoms with Crippen molar-refractivity contribution in [3.63, 3.8) is 0 Å². The number of rotatable bonds is 4. The van der Waals surface area contributed by atoms with Gasteiger partial charge in [0.1, 0.15) is 11.6 Å². The number of anilines is 1. The quantitative estimate of drug-likeness (QED) is 0.581. The van der Waals surface area contributed by atoms with Gasteiger partial charge in [-0.2, -0.15) is 13.2 Å². The van der Waals surface area contributed by atoms with Crippen molar-refractivity contribution < 1.29 is 27.1 Å². The van der Waals surface area contributed by atoms with E-state index in [9.17, 15) is 22.4 Å². The Labute approximate surface area is 206 Å². The van der Waals surface area contributed by atoms with Crippen molar-refractivity contribution in [2.24, 2.45) is 5.41 Å². The number of amides is 1.